The summed E-state index contributed by atoms with van der Waals surface area (Å²) in [5.74, 6) is 1.12. The van der Waals surface area contributed by atoms with Gasteiger partial charge in [0.05, 0.1) is 6.20 Å². The molecule has 5 heteroatoms. The number of benzene rings is 1. The molecular weight excluding hydrogens is 224 g/mol. The minimum absolute atomic E-state index is 0.489. The molecule has 0 aliphatic carbocycles. The molecule has 1 heterocycles. The van der Waals surface area contributed by atoms with Crippen molar-refractivity contribution >= 4 is 29.1 Å². The fourth-order valence-corrected chi connectivity index (χ4v) is 1.37. The van der Waals surface area contributed by atoms with Crippen molar-refractivity contribution in [2.75, 3.05) is 17.7 Å². The van der Waals surface area contributed by atoms with Crippen LogP contribution in [0.3, 0.4) is 0 Å². The number of para-hydroxylation sites is 1. The van der Waals surface area contributed by atoms with Crippen LogP contribution in [-0.4, -0.2) is 17.0 Å². The first-order valence-electron chi connectivity index (χ1n) is 4.82. The molecule has 1 aromatic carbocycles. The number of aromatic nitrogens is 2. The summed E-state index contributed by atoms with van der Waals surface area (Å²) in [4.78, 5) is 8.23. The van der Waals surface area contributed by atoms with E-state index in [0.717, 1.165) is 5.69 Å². The Morgan fingerprint density at radius 2 is 1.94 bits per heavy atom. The number of halogens is 1. The molecule has 0 aliphatic heterocycles. The largest absolute Gasteiger partial charge is 0.357 e. The monoisotopic (exact) mass is 234 g/mol. The van der Waals surface area contributed by atoms with Gasteiger partial charge in [0.2, 0.25) is 5.95 Å². The highest BCUT2D eigenvalue weighted by molar-refractivity contribution is 6.32. The maximum Gasteiger partial charge on any atom is 0.224 e. The van der Waals surface area contributed by atoms with Crippen molar-refractivity contribution in [2.45, 2.75) is 0 Å². The second-order valence-corrected chi connectivity index (χ2v) is 3.54. The molecule has 0 atom stereocenters. The van der Waals surface area contributed by atoms with E-state index in [1.54, 1.807) is 13.2 Å². The van der Waals surface area contributed by atoms with Crippen LogP contribution >= 0.6 is 11.6 Å². The number of anilines is 3. The Morgan fingerprint density at radius 3 is 2.62 bits per heavy atom. The van der Waals surface area contributed by atoms with Gasteiger partial charge in [-0.3, -0.25) is 0 Å². The van der Waals surface area contributed by atoms with Crippen molar-refractivity contribution in [3.63, 3.8) is 0 Å². The maximum absolute atomic E-state index is 5.99. The van der Waals surface area contributed by atoms with Crippen LogP contribution in [0, 0.1) is 0 Å². The van der Waals surface area contributed by atoms with E-state index in [1.807, 2.05) is 30.3 Å². The molecule has 0 spiro atoms. The van der Waals surface area contributed by atoms with Crippen LogP contribution in [0.25, 0.3) is 0 Å². The van der Waals surface area contributed by atoms with Crippen LogP contribution < -0.4 is 10.6 Å². The van der Waals surface area contributed by atoms with Crippen LogP contribution in [0.5, 0.6) is 0 Å². The molecular formula is C11H11ClN4. The van der Waals surface area contributed by atoms with Crippen LogP contribution in [0.2, 0.25) is 5.02 Å². The van der Waals surface area contributed by atoms with Crippen molar-refractivity contribution < 1.29 is 0 Å². The van der Waals surface area contributed by atoms with E-state index in [9.17, 15) is 0 Å². The summed E-state index contributed by atoms with van der Waals surface area (Å²) in [5, 5.41) is 6.47. The first-order chi connectivity index (χ1) is 7.79. The van der Waals surface area contributed by atoms with E-state index in [4.69, 9.17) is 11.6 Å². The summed E-state index contributed by atoms with van der Waals surface area (Å²) in [7, 11) is 1.76. The third-order valence-electron chi connectivity index (χ3n) is 2.00. The number of nitrogens with one attached hydrogen (secondary N) is 2. The molecule has 2 N–H and O–H groups in total. The third kappa shape index (κ3) is 2.41. The van der Waals surface area contributed by atoms with Crippen molar-refractivity contribution in [2.24, 2.45) is 0 Å². The minimum Gasteiger partial charge on any atom is -0.357 e. The standard InChI is InChI=1S/C11H11ClN4/c1-13-11-14-7-9(12)10(16-11)15-8-5-3-2-4-6-8/h2-7H,1H3,(H2,13,14,15,16). The topological polar surface area (TPSA) is 49.8 Å². The summed E-state index contributed by atoms with van der Waals surface area (Å²) in [6.07, 6.45) is 1.56. The van der Waals surface area contributed by atoms with E-state index >= 15 is 0 Å². The Balaban J connectivity index is 2.27. The molecule has 0 saturated carbocycles. The fraction of sp³-hybridized carbons (Fsp3) is 0.0909. The Labute approximate surface area is 98.7 Å². The predicted molar refractivity (Wildman–Crippen MR) is 66.3 cm³/mol. The quantitative estimate of drug-likeness (QED) is 0.858. The minimum atomic E-state index is 0.489. The van der Waals surface area contributed by atoms with Gasteiger partial charge in [0.25, 0.3) is 0 Å². The van der Waals surface area contributed by atoms with Gasteiger partial charge < -0.3 is 10.6 Å². The first kappa shape index (κ1) is 10.7. The van der Waals surface area contributed by atoms with Crippen LogP contribution in [0.15, 0.2) is 36.5 Å². The SMILES string of the molecule is CNc1ncc(Cl)c(Nc2ccccc2)n1. The molecule has 1 aromatic heterocycles. The smallest absolute Gasteiger partial charge is 0.224 e. The average Bonchev–Trinajstić information content (AvgIpc) is 2.33. The number of hydrogen-bond donors (Lipinski definition) is 2. The van der Waals surface area contributed by atoms with E-state index in [-0.39, 0.29) is 0 Å². The Morgan fingerprint density at radius 1 is 1.19 bits per heavy atom. The predicted octanol–water partition coefficient (Wildman–Crippen LogP) is 2.92. The summed E-state index contributed by atoms with van der Waals surface area (Å²) in [6, 6.07) is 9.72. The molecule has 0 saturated heterocycles. The molecule has 0 unspecified atom stereocenters. The average molecular weight is 235 g/mol. The van der Waals surface area contributed by atoms with Gasteiger partial charge in [0.15, 0.2) is 5.82 Å². The molecule has 0 radical (unpaired) electrons. The number of rotatable bonds is 3. The lowest BCUT2D eigenvalue weighted by atomic mass is 10.3. The lowest BCUT2D eigenvalue weighted by Gasteiger charge is -2.08. The summed E-state index contributed by atoms with van der Waals surface area (Å²) >= 11 is 5.99. The van der Waals surface area contributed by atoms with Crippen molar-refractivity contribution in [3.8, 4) is 0 Å². The van der Waals surface area contributed by atoms with E-state index < -0.39 is 0 Å². The Bertz CT molecular complexity index is 473. The van der Waals surface area contributed by atoms with Gasteiger partial charge in [-0.2, -0.15) is 4.98 Å². The van der Waals surface area contributed by atoms with Crippen LogP contribution in [0.1, 0.15) is 0 Å². The second kappa shape index (κ2) is 4.81. The van der Waals surface area contributed by atoms with E-state index in [2.05, 4.69) is 20.6 Å². The molecule has 0 fully saturated rings. The molecule has 16 heavy (non-hydrogen) atoms. The zero-order chi connectivity index (χ0) is 11.4. The second-order valence-electron chi connectivity index (χ2n) is 3.13. The molecule has 2 rings (SSSR count). The van der Waals surface area contributed by atoms with Gasteiger partial charge in [-0.1, -0.05) is 29.8 Å². The Kier molecular flexibility index (Phi) is 3.22. The lowest BCUT2D eigenvalue weighted by molar-refractivity contribution is 1.15. The van der Waals surface area contributed by atoms with Crippen LogP contribution in [0.4, 0.5) is 17.5 Å². The molecule has 2 aromatic rings. The van der Waals surface area contributed by atoms with Crippen LogP contribution in [-0.2, 0) is 0 Å². The van der Waals surface area contributed by atoms with Crippen molar-refractivity contribution in [1.29, 1.82) is 0 Å². The highest BCUT2D eigenvalue weighted by atomic mass is 35.5. The van der Waals surface area contributed by atoms with Gasteiger partial charge in [0, 0.05) is 12.7 Å². The summed E-state index contributed by atoms with van der Waals surface area (Å²) in [5.41, 5.74) is 0.935. The zero-order valence-corrected chi connectivity index (χ0v) is 9.49. The lowest BCUT2D eigenvalue weighted by Crippen LogP contribution is -2.00. The molecule has 82 valence electrons. The molecule has 4 nitrogen and oxygen atoms in total. The summed E-state index contributed by atoms with van der Waals surface area (Å²) < 4.78 is 0. The first-order valence-corrected chi connectivity index (χ1v) is 5.20. The van der Waals surface area contributed by atoms with Gasteiger partial charge in [-0.05, 0) is 12.1 Å². The van der Waals surface area contributed by atoms with Gasteiger partial charge >= 0.3 is 0 Å². The molecule has 0 bridgehead atoms. The molecule has 0 amide bonds. The summed E-state index contributed by atoms with van der Waals surface area (Å²) in [6.45, 7) is 0. The molecule has 0 aliphatic rings. The normalized spacial score (nSPS) is 9.88. The maximum atomic E-state index is 5.99. The van der Waals surface area contributed by atoms with Gasteiger partial charge in [0.1, 0.15) is 5.02 Å². The highest BCUT2D eigenvalue weighted by Gasteiger charge is 2.04. The zero-order valence-electron chi connectivity index (χ0n) is 8.74. The van der Waals surface area contributed by atoms with Gasteiger partial charge in [-0.15, -0.1) is 0 Å². The van der Waals surface area contributed by atoms with E-state index in [0.29, 0.717) is 16.8 Å². The Hall–Kier alpha value is -1.81. The van der Waals surface area contributed by atoms with Crippen molar-refractivity contribution in [3.05, 3.63) is 41.6 Å². The number of hydrogen-bond acceptors (Lipinski definition) is 4. The highest BCUT2D eigenvalue weighted by Crippen LogP contribution is 2.23. The fourth-order valence-electron chi connectivity index (χ4n) is 1.23. The third-order valence-corrected chi connectivity index (χ3v) is 2.28. The van der Waals surface area contributed by atoms with E-state index in [1.165, 1.54) is 0 Å². The van der Waals surface area contributed by atoms with Gasteiger partial charge in [-0.25, -0.2) is 4.98 Å². The number of nitrogens with zero attached hydrogens (tertiary/aromatic N) is 2. The van der Waals surface area contributed by atoms with Crippen molar-refractivity contribution in [1.82, 2.24) is 9.97 Å².